The van der Waals surface area contributed by atoms with E-state index < -0.39 is 0 Å². The highest BCUT2D eigenvalue weighted by Gasteiger charge is 2.31. The molecule has 302 valence electrons. The van der Waals surface area contributed by atoms with Crippen molar-refractivity contribution in [1.82, 2.24) is 9.13 Å². The van der Waals surface area contributed by atoms with Crippen molar-refractivity contribution >= 4 is 86.7 Å². The number of para-hydroxylation sites is 2. The Labute approximate surface area is 379 Å². The highest BCUT2D eigenvalue weighted by molar-refractivity contribution is 6.30. The van der Waals surface area contributed by atoms with E-state index in [9.17, 15) is 0 Å². The van der Waals surface area contributed by atoms with Gasteiger partial charge in [-0.05, 0) is 102 Å². The lowest BCUT2D eigenvalue weighted by Gasteiger charge is -2.19. The molecular weight excluding hydrogens is 797 g/mol. The van der Waals surface area contributed by atoms with Crippen LogP contribution in [0.1, 0.15) is 0 Å². The van der Waals surface area contributed by atoms with Crippen LogP contribution in [0.4, 0.5) is 0 Å². The fourth-order valence-electron chi connectivity index (χ4n) is 12.5. The van der Waals surface area contributed by atoms with E-state index in [1.807, 2.05) is 0 Å². The van der Waals surface area contributed by atoms with Crippen LogP contribution in [-0.4, -0.2) is 9.13 Å². The van der Waals surface area contributed by atoms with Crippen LogP contribution >= 0.6 is 0 Å². The fourth-order valence-corrected chi connectivity index (χ4v) is 12.5. The molecule has 0 radical (unpaired) electrons. The topological polar surface area (TPSA) is 9.86 Å². The van der Waals surface area contributed by atoms with Crippen LogP contribution < -0.4 is 0 Å². The number of fused-ring (bicyclic) bond motifs is 16. The van der Waals surface area contributed by atoms with Gasteiger partial charge in [-0.25, -0.2) is 0 Å². The summed E-state index contributed by atoms with van der Waals surface area (Å²) in [7, 11) is 0. The molecule has 16 rings (SSSR count). The van der Waals surface area contributed by atoms with Gasteiger partial charge in [0.2, 0.25) is 0 Å². The monoisotopic (exact) mass is 832 g/mol. The third-order valence-corrected chi connectivity index (χ3v) is 15.1. The molecular formula is C64H36N2. The highest BCUT2D eigenvalue weighted by Crippen LogP contribution is 2.56. The quantitative estimate of drug-likeness (QED) is 0.157. The highest BCUT2D eigenvalue weighted by atomic mass is 15.0. The lowest BCUT2D eigenvalue weighted by molar-refractivity contribution is 1.20. The van der Waals surface area contributed by atoms with Crippen molar-refractivity contribution in [2.45, 2.75) is 0 Å². The molecule has 0 aliphatic heterocycles. The Morgan fingerprint density at radius 2 is 0.545 bits per heavy atom. The minimum atomic E-state index is 1.21. The Morgan fingerprint density at radius 3 is 1.00 bits per heavy atom. The summed E-state index contributed by atoms with van der Waals surface area (Å²) in [6, 6.07) is 81.9. The summed E-state index contributed by atoms with van der Waals surface area (Å²) in [5, 5.41) is 15.4. The molecule has 0 amide bonds. The van der Waals surface area contributed by atoms with E-state index in [0.29, 0.717) is 0 Å². The predicted octanol–water partition coefficient (Wildman–Crippen LogP) is 17.5. The summed E-state index contributed by atoms with van der Waals surface area (Å²) in [5.41, 5.74) is 20.3. The molecule has 2 heteroatoms. The van der Waals surface area contributed by atoms with Gasteiger partial charge >= 0.3 is 0 Å². The molecule has 2 aromatic heterocycles. The zero-order valence-corrected chi connectivity index (χ0v) is 35.7. The summed E-state index contributed by atoms with van der Waals surface area (Å²) >= 11 is 0. The largest absolute Gasteiger partial charge is 0.308 e. The second kappa shape index (κ2) is 12.5. The maximum absolute atomic E-state index is 2.56. The van der Waals surface area contributed by atoms with E-state index in [1.165, 1.54) is 154 Å². The molecule has 0 bridgehead atoms. The van der Waals surface area contributed by atoms with Gasteiger partial charge in [-0.2, -0.15) is 0 Å². The average Bonchev–Trinajstić information content (AvgIpc) is 4.11. The molecule has 14 aromatic rings. The van der Waals surface area contributed by atoms with E-state index in [1.54, 1.807) is 0 Å². The van der Waals surface area contributed by atoms with Gasteiger partial charge in [0.25, 0.3) is 0 Å². The molecule has 66 heavy (non-hydrogen) atoms. The second-order valence-electron chi connectivity index (χ2n) is 18.3. The average molecular weight is 833 g/mol. The van der Waals surface area contributed by atoms with Crippen LogP contribution in [0.3, 0.4) is 0 Å². The summed E-state index contributed by atoms with van der Waals surface area (Å²) in [6.07, 6.45) is 0. The Morgan fingerprint density at radius 1 is 0.212 bits per heavy atom. The molecule has 0 saturated carbocycles. The van der Waals surface area contributed by atoms with E-state index in [0.717, 1.165) is 0 Å². The van der Waals surface area contributed by atoms with Crippen LogP contribution in [0.15, 0.2) is 218 Å². The van der Waals surface area contributed by atoms with Crippen LogP contribution in [0.5, 0.6) is 0 Å². The van der Waals surface area contributed by atoms with Crippen LogP contribution in [0.2, 0.25) is 0 Å². The van der Waals surface area contributed by atoms with Crippen molar-refractivity contribution in [3.05, 3.63) is 218 Å². The summed E-state index contributed by atoms with van der Waals surface area (Å²) in [5.74, 6) is 0. The first kappa shape index (κ1) is 34.7. The van der Waals surface area contributed by atoms with Gasteiger partial charge in [-0.1, -0.05) is 182 Å². The maximum Gasteiger partial charge on any atom is 0.0625 e. The van der Waals surface area contributed by atoms with Crippen LogP contribution in [-0.2, 0) is 0 Å². The Kier molecular flexibility index (Phi) is 6.58. The molecule has 0 unspecified atom stereocenters. The van der Waals surface area contributed by atoms with Gasteiger partial charge in [-0.3, -0.25) is 0 Å². The molecule has 2 aliphatic carbocycles. The summed E-state index contributed by atoms with van der Waals surface area (Å²) in [6.45, 7) is 0. The van der Waals surface area contributed by atoms with Gasteiger partial charge in [0.15, 0.2) is 0 Å². The Bertz CT molecular complexity index is 4230. The summed E-state index contributed by atoms with van der Waals surface area (Å²) in [4.78, 5) is 0. The van der Waals surface area contributed by atoms with Crippen molar-refractivity contribution in [3.8, 4) is 67.0 Å². The number of hydrogen-bond acceptors (Lipinski definition) is 0. The van der Waals surface area contributed by atoms with Gasteiger partial charge < -0.3 is 9.13 Å². The molecule has 2 aliphatic rings. The number of aromatic nitrogens is 2. The number of nitrogens with zero attached hydrogens (tertiary/aromatic N) is 2. The molecule has 0 fully saturated rings. The molecule has 2 nitrogen and oxygen atoms in total. The normalized spacial score (nSPS) is 12.5. The van der Waals surface area contributed by atoms with E-state index in [4.69, 9.17) is 0 Å². The van der Waals surface area contributed by atoms with Crippen molar-refractivity contribution in [3.63, 3.8) is 0 Å². The predicted molar refractivity (Wildman–Crippen MR) is 279 cm³/mol. The molecule has 0 atom stereocenters. The van der Waals surface area contributed by atoms with Gasteiger partial charge in [0, 0.05) is 54.2 Å². The first-order valence-corrected chi connectivity index (χ1v) is 23.0. The van der Waals surface area contributed by atoms with Crippen molar-refractivity contribution in [2.24, 2.45) is 0 Å². The maximum atomic E-state index is 2.56. The first-order chi connectivity index (χ1) is 32.8. The third-order valence-electron chi connectivity index (χ3n) is 15.1. The minimum absolute atomic E-state index is 1.21. The van der Waals surface area contributed by atoms with E-state index in [2.05, 4.69) is 228 Å². The van der Waals surface area contributed by atoms with Crippen molar-refractivity contribution < 1.29 is 0 Å². The van der Waals surface area contributed by atoms with Crippen molar-refractivity contribution in [2.75, 3.05) is 0 Å². The molecule has 0 N–H and O–H groups in total. The van der Waals surface area contributed by atoms with Crippen molar-refractivity contribution in [1.29, 1.82) is 0 Å². The third kappa shape index (κ3) is 4.27. The van der Waals surface area contributed by atoms with E-state index in [-0.39, 0.29) is 0 Å². The number of hydrogen-bond donors (Lipinski definition) is 0. The first-order valence-electron chi connectivity index (χ1n) is 23.0. The fraction of sp³-hybridized carbons (Fsp3) is 0. The molecule has 0 saturated heterocycles. The smallest absolute Gasteiger partial charge is 0.0625 e. The number of rotatable bonds is 3. The lowest BCUT2D eigenvalue weighted by atomic mass is 9.94. The molecule has 12 aromatic carbocycles. The van der Waals surface area contributed by atoms with E-state index >= 15 is 0 Å². The molecule has 2 heterocycles. The van der Waals surface area contributed by atoms with Crippen LogP contribution in [0, 0.1) is 0 Å². The SMILES string of the molecule is c1ccc2c(c1)-c1cccc3c1c-2c(-n1c2ccccc2c2cc(-c4ccc5c(c4)c4ccccc4n5-c4c5c6c(cccc6c6ccccc46)-c4ccccc4-5)ccc21)c1ccccc13. The summed E-state index contributed by atoms with van der Waals surface area (Å²) < 4.78 is 5.12. The standard InChI is InChI=1S/C64H36N2/c1-5-21-49-39(15-1)45-25-13-27-47-41-17-3-7-23-51(41)63(61(49)59(45)47)65-55-29-11-9-19-43(55)53-35-37(31-33-57(53)65)38-32-34-58-54(36-38)44-20-10-12-30-56(44)66(58)64-52-24-8-4-18-42(52)48-28-14-26-46-40-16-2-6-22-50(40)62(64)60(46)48/h1-36H. The zero-order chi connectivity index (χ0) is 42.8. The second-order valence-corrected chi connectivity index (χ2v) is 18.3. The van der Waals surface area contributed by atoms with Gasteiger partial charge in [0.05, 0.1) is 33.4 Å². The Hall–Kier alpha value is -8.72. The number of benzene rings is 12. The van der Waals surface area contributed by atoms with Gasteiger partial charge in [-0.15, -0.1) is 0 Å². The minimum Gasteiger partial charge on any atom is -0.308 e. The zero-order valence-electron chi connectivity index (χ0n) is 35.7. The van der Waals surface area contributed by atoms with Gasteiger partial charge in [0.1, 0.15) is 0 Å². The molecule has 0 spiro atoms. The lowest BCUT2D eigenvalue weighted by Crippen LogP contribution is -1.99. The van der Waals surface area contributed by atoms with Crippen LogP contribution in [0.25, 0.3) is 154 Å². The Balaban J connectivity index is 0.949.